The average molecular weight is 378 g/mol. The molecule has 1 amide bonds. The van der Waals surface area contributed by atoms with Gasteiger partial charge in [-0.25, -0.2) is 8.42 Å². The molecule has 0 aliphatic carbocycles. The molecule has 1 aromatic heterocycles. The predicted molar refractivity (Wildman–Crippen MR) is 100 cm³/mol. The number of benzene rings is 1. The normalized spacial score (nSPS) is 14.2. The number of nitrogens with one attached hydrogen (secondary N) is 2. The summed E-state index contributed by atoms with van der Waals surface area (Å²) >= 11 is 0. The Bertz CT molecular complexity index is 786. The molecular weight excluding hydrogens is 352 g/mol. The highest BCUT2D eigenvalue weighted by Gasteiger charge is 2.28. The number of carbonyl (C=O) groups excluding carboxylic acids is 1. The van der Waals surface area contributed by atoms with Crippen LogP contribution in [-0.4, -0.2) is 26.4 Å². The van der Waals surface area contributed by atoms with E-state index >= 15 is 0 Å². The van der Waals surface area contributed by atoms with E-state index in [1.807, 2.05) is 32.9 Å². The van der Waals surface area contributed by atoms with E-state index in [1.54, 1.807) is 24.5 Å². The minimum absolute atomic E-state index is 0.102. The third-order valence-electron chi connectivity index (χ3n) is 4.08. The van der Waals surface area contributed by atoms with Crippen LogP contribution in [0.4, 0.5) is 0 Å². The fraction of sp³-hybridized carbons (Fsp3) is 0.421. The molecule has 2 N–H and O–H groups in total. The Hall–Kier alpha value is -2.12. The molecule has 0 radical (unpaired) electrons. The van der Waals surface area contributed by atoms with Gasteiger partial charge in [0, 0.05) is 12.5 Å². The first kappa shape index (κ1) is 20.2. The molecule has 142 valence electrons. The van der Waals surface area contributed by atoms with Crippen molar-refractivity contribution in [1.82, 2.24) is 10.0 Å². The molecule has 0 aliphatic heterocycles. The molecular formula is C19H26N2O4S. The summed E-state index contributed by atoms with van der Waals surface area (Å²) in [4.78, 5) is 12.7. The number of furan rings is 1. The molecule has 2 atom stereocenters. The van der Waals surface area contributed by atoms with Crippen molar-refractivity contribution in [3.05, 3.63) is 54.5 Å². The van der Waals surface area contributed by atoms with Crippen LogP contribution in [0.15, 0.2) is 58.0 Å². The molecule has 1 unspecified atom stereocenters. The first-order valence-corrected chi connectivity index (χ1v) is 10.2. The second-order valence-electron chi connectivity index (χ2n) is 6.68. The smallest absolute Gasteiger partial charge is 0.241 e. The molecule has 26 heavy (non-hydrogen) atoms. The quantitative estimate of drug-likeness (QED) is 0.702. The van der Waals surface area contributed by atoms with Crippen molar-refractivity contribution in [3.8, 4) is 0 Å². The minimum atomic E-state index is -3.76. The van der Waals surface area contributed by atoms with Crippen LogP contribution in [-0.2, 0) is 21.2 Å². The molecule has 1 heterocycles. The van der Waals surface area contributed by atoms with Crippen molar-refractivity contribution in [3.63, 3.8) is 0 Å². The van der Waals surface area contributed by atoms with Crippen molar-refractivity contribution < 1.29 is 17.6 Å². The van der Waals surface area contributed by atoms with Crippen LogP contribution in [0.2, 0.25) is 0 Å². The minimum Gasteiger partial charge on any atom is -0.469 e. The Kier molecular flexibility index (Phi) is 6.99. The number of carbonyl (C=O) groups is 1. The highest BCUT2D eigenvalue weighted by molar-refractivity contribution is 7.89. The summed E-state index contributed by atoms with van der Waals surface area (Å²) < 4.78 is 32.8. The van der Waals surface area contributed by atoms with Crippen LogP contribution < -0.4 is 10.0 Å². The van der Waals surface area contributed by atoms with Crippen molar-refractivity contribution in [2.24, 2.45) is 5.92 Å². The van der Waals surface area contributed by atoms with E-state index in [9.17, 15) is 13.2 Å². The monoisotopic (exact) mass is 378 g/mol. The summed E-state index contributed by atoms with van der Waals surface area (Å²) in [6, 6.07) is 10.8. The van der Waals surface area contributed by atoms with Crippen molar-refractivity contribution >= 4 is 15.9 Å². The van der Waals surface area contributed by atoms with Gasteiger partial charge >= 0.3 is 0 Å². The third kappa shape index (κ3) is 5.71. The van der Waals surface area contributed by atoms with Gasteiger partial charge < -0.3 is 9.73 Å². The van der Waals surface area contributed by atoms with E-state index in [0.717, 1.165) is 5.76 Å². The van der Waals surface area contributed by atoms with Gasteiger partial charge in [0.2, 0.25) is 15.9 Å². The molecule has 1 aromatic carbocycles. The van der Waals surface area contributed by atoms with Crippen molar-refractivity contribution in [2.75, 3.05) is 0 Å². The largest absolute Gasteiger partial charge is 0.469 e. The van der Waals surface area contributed by atoms with Crippen molar-refractivity contribution in [1.29, 1.82) is 0 Å². The Balaban J connectivity index is 1.98. The van der Waals surface area contributed by atoms with Crippen LogP contribution in [0.25, 0.3) is 0 Å². The van der Waals surface area contributed by atoms with Crippen LogP contribution in [0.1, 0.15) is 33.0 Å². The van der Waals surface area contributed by atoms with Crippen molar-refractivity contribution in [2.45, 2.75) is 50.6 Å². The summed E-state index contributed by atoms with van der Waals surface area (Å²) in [5.41, 5.74) is 0. The fourth-order valence-electron chi connectivity index (χ4n) is 2.55. The molecule has 0 spiro atoms. The number of hydrogen-bond acceptors (Lipinski definition) is 4. The average Bonchev–Trinajstić information content (AvgIpc) is 3.12. The number of amides is 1. The Morgan fingerprint density at radius 2 is 1.77 bits per heavy atom. The van der Waals surface area contributed by atoms with Gasteiger partial charge in [-0.1, -0.05) is 32.0 Å². The molecule has 2 rings (SSSR count). The van der Waals surface area contributed by atoms with Gasteiger partial charge in [0.1, 0.15) is 11.8 Å². The zero-order chi connectivity index (χ0) is 19.2. The SMILES string of the molecule is CC(CCc1ccco1)NC(=O)[C@@H](NS(=O)(=O)c1ccccc1)C(C)C. The van der Waals surface area contributed by atoms with Gasteiger partial charge in [-0.15, -0.1) is 0 Å². The predicted octanol–water partition coefficient (Wildman–Crippen LogP) is 2.72. The lowest BCUT2D eigenvalue weighted by Crippen LogP contribution is -2.51. The van der Waals surface area contributed by atoms with Crippen LogP contribution in [0.3, 0.4) is 0 Å². The van der Waals surface area contributed by atoms with Gasteiger partial charge in [-0.2, -0.15) is 4.72 Å². The van der Waals surface area contributed by atoms with Gasteiger partial charge in [-0.3, -0.25) is 4.79 Å². The first-order chi connectivity index (χ1) is 12.3. The van der Waals surface area contributed by atoms with Gasteiger partial charge in [0.15, 0.2) is 0 Å². The number of rotatable bonds is 9. The highest BCUT2D eigenvalue weighted by atomic mass is 32.2. The molecule has 0 saturated carbocycles. The maximum atomic E-state index is 12.6. The lowest BCUT2D eigenvalue weighted by molar-refractivity contribution is -0.124. The zero-order valence-electron chi connectivity index (χ0n) is 15.3. The van der Waals surface area contributed by atoms with Crippen LogP contribution >= 0.6 is 0 Å². The number of hydrogen-bond donors (Lipinski definition) is 2. The summed E-state index contributed by atoms with van der Waals surface area (Å²) in [6.07, 6.45) is 3.03. The lowest BCUT2D eigenvalue weighted by Gasteiger charge is -2.24. The second-order valence-corrected chi connectivity index (χ2v) is 8.40. The Morgan fingerprint density at radius 1 is 1.08 bits per heavy atom. The highest BCUT2D eigenvalue weighted by Crippen LogP contribution is 2.12. The van der Waals surface area contributed by atoms with Crippen LogP contribution in [0, 0.1) is 5.92 Å². The molecule has 7 heteroatoms. The molecule has 6 nitrogen and oxygen atoms in total. The van der Waals surface area contributed by atoms with E-state index in [2.05, 4.69) is 10.0 Å². The van der Waals surface area contributed by atoms with Crippen LogP contribution in [0.5, 0.6) is 0 Å². The van der Waals surface area contributed by atoms with E-state index in [4.69, 9.17) is 4.42 Å². The maximum absolute atomic E-state index is 12.6. The standard InChI is InChI=1S/C19H26N2O4S/c1-14(2)18(21-26(23,24)17-9-5-4-6-10-17)19(22)20-15(3)11-12-16-8-7-13-25-16/h4-10,13-15,18,21H,11-12H2,1-3H3,(H,20,22)/t15?,18-/m0/s1. The molecule has 0 bridgehead atoms. The number of aryl methyl sites for hydroxylation is 1. The fourth-order valence-corrected chi connectivity index (χ4v) is 3.91. The van der Waals surface area contributed by atoms with E-state index in [-0.39, 0.29) is 22.8 Å². The lowest BCUT2D eigenvalue weighted by atomic mass is 10.0. The topological polar surface area (TPSA) is 88.4 Å². The zero-order valence-corrected chi connectivity index (χ0v) is 16.1. The maximum Gasteiger partial charge on any atom is 0.241 e. The summed E-state index contributed by atoms with van der Waals surface area (Å²) in [7, 11) is -3.76. The summed E-state index contributed by atoms with van der Waals surface area (Å²) in [5.74, 6) is 0.341. The molecule has 0 saturated heterocycles. The third-order valence-corrected chi connectivity index (χ3v) is 5.53. The van der Waals surface area contributed by atoms with Gasteiger partial charge in [0.05, 0.1) is 11.2 Å². The number of sulfonamides is 1. The molecule has 0 fully saturated rings. The summed E-state index contributed by atoms with van der Waals surface area (Å²) in [5, 5.41) is 2.89. The van der Waals surface area contributed by atoms with E-state index < -0.39 is 16.1 Å². The molecule has 2 aromatic rings. The first-order valence-electron chi connectivity index (χ1n) is 8.69. The Labute approximate surface area is 155 Å². The summed E-state index contributed by atoms with van der Waals surface area (Å²) in [6.45, 7) is 5.51. The second kappa shape index (κ2) is 9.00. The van der Waals surface area contributed by atoms with E-state index in [0.29, 0.717) is 12.8 Å². The molecule has 0 aliphatic rings. The van der Waals surface area contributed by atoms with E-state index in [1.165, 1.54) is 12.1 Å². The van der Waals surface area contributed by atoms with Gasteiger partial charge in [0.25, 0.3) is 0 Å². The van der Waals surface area contributed by atoms with Gasteiger partial charge in [-0.05, 0) is 43.5 Å². The Morgan fingerprint density at radius 3 is 2.35 bits per heavy atom.